The number of nitrogens with one attached hydrogen (secondary N) is 1. The van der Waals surface area contributed by atoms with E-state index < -0.39 is 0 Å². The molecule has 0 radical (unpaired) electrons. The molecule has 1 unspecified atom stereocenters. The minimum absolute atomic E-state index is 0.0654. The summed E-state index contributed by atoms with van der Waals surface area (Å²) in [6, 6.07) is -0.0658. The van der Waals surface area contributed by atoms with E-state index in [4.69, 9.17) is 10.2 Å². The Morgan fingerprint density at radius 2 is 2.67 bits per heavy atom. The molecule has 5 heteroatoms. The highest BCUT2D eigenvalue weighted by atomic mass is 16.3. The van der Waals surface area contributed by atoms with Gasteiger partial charge in [-0.1, -0.05) is 0 Å². The third kappa shape index (κ3) is 2.35. The van der Waals surface area contributed by atoms with Gasteiger partial charge in [-0.3, -0.25) is 4.79 Å². The molecule has 0 aliphatic carbocycles. The SMILES string of the molecule is CC(N)CNC(=O)c1ncco1. The van der Waals surface area contributed by atoms with Crippen LogP contribution >= 0.6 is 0 Å². The molecule has 5 nitrogen and oxygen atoms in total. The average molecular weight is 169 g/mol. The molecule has 1 aromatic heterocycles. The van der Waals surface area contributed by atoms with Crippen LogP contribution in [0.25, 0.3) is 0 Å². The van der Waals surface area contributed by atoms with Gasteiger partial charge in [-0.25, -0.2) is 4.98 Å². The second-order valence-electron chi connectivity index (χ2n) is 2.52. The highest BCUT2D eigenvalue weighted by molar-refractivity contribution is 5.89. The first kappa shape index (κ1) is 8.73. The first-order valence-corrected chi connectivity index (χ1v) is 3.63. The Balaban J connectivity index is 2.40. The van der Waals surface area contributed by atoms with E-state index >= 15 is 0 Å². The van der Waals surface area contributed by atoms with Crippen LogP contribution in [0, 0.1) is 0 Å². The lowest BCUT2D eigenvalue weighted by molar-refractivity contribution is 0.0917. The number of aromatic nitrogens is 1. The maximum absolute atomic E-state index is 11.1. The van der Waals surface area contributed by atoms with E-state index in [1.54, 1.807) is 6.92 Å². The Bertz CT molecular complexity index is 243. The summed E-state index contributed by atoms with van der Waals surface area (Å²) in [5.74, 6) is -0.270. The monoisotopic (exact) mass is 169 g/mol. The van der Waals surface area contributed by atoms with Gasteiger partial charge < -0.3 is 15.5 Å². The molecule has 0 bridgehead atoms. The van der Waals surface area contributed by atoms with Crippen LogP contribution in [0.5, 0.6) is 0 Å². The van der Waals surface area contributed by atoms with Crippen molar-refractivity contribution in [3.05, 3.63) is 18.4 Å². The number of carbonyl (C=O) groups is 1. The molecule has 3 N–H and O–H groups in total. The number of nitrogens with zero attached hydrogens (tertiary/aromatic N) is 1. The molecule has 1 aromatic rings. The van der Waals surface area contributed by atoms with Crippen LogP contribution in [0.4, 0.5) is 0 Å². The highest BCUT2D eigenvalue weighted by Gasteiger charge is 2.09. The van der Waals surface area contributed by atoms with Gasteiger partial charge in [0.05, 0.1) is 6.20 Å². The predicted molar refractivity (Wildman–Crippen MR) is 42.5 cm³/mol. The van der Waals surface area contributed by atoms with Crippen molar-refractivity contribution in [2.24, 2.45) is 5.73 Å². The van der Waals surface area contributed by atoms with Gasteiger partial charge in [-0.15, -0.1) is 0 Å². The van der Waals surface area contributed by atoms with E-state index in [9.17, 15) is 4.79 Å². The van der Waals surface area contributed by atoms with Crippen LogP contribution in [0.15, 0.2) is 16.9 Å². The normalized spacial score (nSPS) is 12.5. The number of amides is 1. The van der Waals surface area contributed by atoms with Crippen molar-refractivity contribution in [1.29, 1.82) is 0 Å². The summed E-state index contributed by atoms with van der Waals surface area (Å²) in [5, 5.41) is 2.56. The quantitative estimate of drug-likeness (QED) is 0.653. The molecular formula is C7H11N3O2. The Morgan fingerprint density at radius 1 is 1.92 bits per heavy atom. The number of hydrogen-bond donors (Lipinski definition) is 2. The molecule has 1 heterocycles. The number of rotatable bonds is 3. The van der Waals surface area contributed by atoms with E-state index in [0.29, 0.717) is 6.54 Å². The largest absolute Gasteiger partial charge is 0.441 e. The molecule has 66 valence electrons. The maximum Gasteiger partial charge on any atom is 0.307 e. The first-order valence-electron chi connectivity index (χ1n) is 3.63. The topological polar surface area (TPSA) is 81.1 Å². The lowest BCUT2D eigenvalue weighted by Crippen LogP contribution is -2.35. The van der Waals surface area contributed by atoms with Gasteiger partial charge in [-0.05, 0) is 6.92 Å². The minimum Gasteiger partial charge on any atom is -0.441 e. The molecule has 0 saturated carbocycles. The summed E-state index contributed by atoms with van der Waals surface area (Å²) in [7, 11) is 0. The van der Waals surface area contributed by atoms with E-state index in [0.717, 1.165) is 0 Å². The van der Waals surface area contributed by atoms with E-state index in [1.807, 2.05) is 0 Å². The van der Waals surface area contributed by atoms with Crippen LogP contribution in [0.2, 0.25) is 0 Å². The second kappa shape index (κ2) is 3.87. The van der Waals surface area contributed by atoms with Crippen molar-refractivity contribution in [3.8, 4) is 0 Å². The molecule has 0 saturated heterocycles. The van der Waals surface area contributed by atoms with Gasteiger partial charge in [0.25, 0.3) is 5.89 Å². The van der Waals surface area contributed by atoms with Gasteiger partial charge in [0.15, 0.2) is 0 Å². The standard InChI is InChI=1S/C7H11N3O2/c1-5(8)4-10-6(11)7-9-2-3-12-7/h2-3,5H,4,8H2,1H3,(H,10,11). The number of carbonyl (C=O) groups excluding carboxylic acids is 1. The molecule has 1 rings (SSSR count). The van der Waals surface area contributed by atoms with E-state index in [2.05, 4.69) is 10.3 Å². The van der Waals surface area contributed by atoms with Crippen LogP contribution in [0.3, 0.4) is 0 Å². The van der Waals surface area contributed by atoms with Crippen LogP contribution < -0.4 is 11.1 Å². The lowest BCUT2D eigenvalue weighted by Gasteiger charge is -2.04. The molecular weight excluding hydrogens is 158 g/mol. The lowest BCUT2D eigenvalue weighted by atomic mass is 10.3. The van der Waals surface area contributed by atoms with Gasteiger partial charge in [0.1, 0.15) is 6.26 Å². The summed E-state index contributed by atoms with van der Waals surface area (Å²) < 4.78 is 4.76. The maximum atomic E-state index is 11.1. The van der Waals surface area contributed by atoms with Crippen LogP contribution in [0.1, 0.15) is 17.6 Å². The third-order valence-electron chi connectivity index (χ3n) is 1.21. The Hall–Kier alpha value is -1.36. The van der Waals surface area contributed by atoms with Gasteiger partial charge in [0.2, 0.25) is 0 Å². The van der Waals surface area contributed by atoms with Crippen molar-refractivity contribution in [2.75, 3.05) is 6.54 Å². The first-order chi connectivity index (χ1) is 5.70. The van der Waals surface area contributed by atoms with Crippen LogP contribution in [-0.4, -0.2) is 23.5 Å². The van der Waals surface area contributed by atoms with Crippen molar-refractivity contribution < 1.29 is 9.21 Å². The minimum atomic E-state index is -0.336. The molecule has 0 aromatic carbocycles. The van der Waals surface area contributed by atoms with Crippen LogP contribution in [-0.2, 0) is 0 Å². The van der Waals surface area contributed by atoms with Crippen molar-refractivity contribution >= 4 is 5.91 Å². The molecule has 0 fully saturated rings. The number of oxazole rings is 1. The predicted octanol–water partition coefficient (Wildman–Crippen LogP) is -0.248. The molecule has 12 heavy (non-hydrogen) atoms. The fraction of sp³-hybridized carbons (Fsp3) is 0.429. The molecule has 0 aliphatic rings. The zero-order valence-electron chi connectivity index (χ0n) is 6.78. The fourth-order valence-corrected chi connectivity index (χ4v) is 0.665. The smallest absolute Gasteiger partial charge is 0.307 e. The third-order valence-corrected chi connectivity index (χ3v) is 1.21. The molecule has 0 spiro atoms. The fourth-order valence-electron chi connectivity index (χ4n) is 0.665. The summed E-state index contributed by atoms with van der Waals surface area (Å²) >= 11 is 0. The molecule has 1 atom stereocenters. The number of hydrogen-bond acceptors (Lipinski definition) is 4. The summed E-state index contributed by atoms with van der Waals surface area (Å²) in [6.07, 6.45) is 2.77. The average Bonchev–Trinajstić information content (AvgIpc) is 2.51. The molecule has 0 aliphatic heterocycles. The van der Waals surface area contributed by atoms with Crippen molar-refractivity contribution in [2.45, 2.75) is 13.0 Å². The zero-order valence-corrected chi connectivity index (χ0v) is 6.78. The molecule has 1 amide bonds. The van der Waals surface area contributed by atoms with E-state index in [1.165, 1.54) is 12.5 Å². The summed E-state index contributed by atoms with van der Waals surface area (Å²) in [5.41, 5.74) is 5.43. The zero-order chi connectivity index (χ0) is 8.97. The summed E-state index contributed by atoms with van der Waals surface area (Å²) in [4.78, 5) is 14.8. The van der Waals surface area contributed by atoms with Crippen molar-refractivity contribution in [1.82, 2.24) is 10.3 Å². The highest BCUT2D eigenvalue weighted by Crippen LogP contribution is 1.92. The Morgan fingerprint density at radius 3 is 3.17 bits per heavy atom. The van der Waals surface area contributed by atoms with Gasteiger partial charge >= 0.3 is 5.91 Å². The van der Waals surface area contributed by atoms with Gasteiger partial charge in [0, 0.05) is 12.6 Å². The van der Waals surface area contributed by atoms with E-state index in [-0.39, 0.29) is 17.8 Å². The summed E-state index contributed by atoms with van der Waals surface area (Å²) in [6.45, 7) is 2.22. The Labute approximate surface area is 70.0 Å². The second-order valence-corrected chi connectivity index (χ2v) is 2.52. The number of nitrogens with two attached hydrogens (primary N) is 1. The van der Waals surface area contributed by atoms with Gasteiger partial charge in [-0.2, -0.15) is 0 Å². The van der Waals surface area contributed by atoms with Crippen molar-refractivity contribution in [3.63, 3.8) is 0 Å². The Kier molecular flexibility index (Phi) is 2.82.